The number of nitrogens with one attached hydrogen (secondary N) is 1. The first-order valence-electron chi connectivity index (χ1n) is 8.25. The second-order valence-electron chi connectivity index (χ2n) is 5.90. The summed E-state index contributed by atoms with van der Waals surface area (Å²) in [4.78, 5) is 34.8. The number of ether oxygens (including phenoxy) is 1. The molecule has 0 aliphatic heterocycles. The molecule has 0 bridgehead atoms. The van der Waals surface area contributed by atoms with Gasteiger partial charge in [-0.15, -0.1) is 0 Å². The van der Waals surface area contributed by atoms with E-state index in [2.05, 4.69) is 5.32 Å². The number of esters is 1. The van der Waals surface area contributed by atoms with Crippen molar-refractivity contribution in [3.8, 4) is 5.75 Å². The van der Waals surface area contributed by atoms with Gasteiger partial charge in [0.15, 0.2) is 0 Å². The fraction of sp³-hybridized carbons (Fsp3) is 0.250. The number of carbonyl (C=O) groups is 3. The number of aliphatic carboxylic acids is 1. The molecule has 0 unspecified atom stereocenters. The smallest absolute Gasteiger partial charge is 0.550 e. The number of amides is 1. The van der Waals surface area contributed by atoms with Crippen molar-refractivity contribution in [1.82, 2.24) is 0 Å². The van der Waals surface area contributed by atoms with Gasteiger partial charge < -0.3 is 20.0 Å². The number of carboxylic acid groups (broad SMARTS) is 1. The SMILES string of the molecule is Cc1cccc(NC(=O)c2ccccc2OC(=O)CCCC(=O)[O-])c1C.[Na+]. The maximum absolute atomic E-state index is 12.6. The first-order valence-corrected chi connectivity index (χ1v) is 8.25. The van der Waals surface area contributed by atoms with Crippen molar-refractivity contribution in [2.75, 3.05) is 5.32 Å². The van der Waals surface area contributed by atoms with Crippen LogP contribution < -0.4 is 44.7 Å². The van der Waals surface area contributed by atoms with Gasteiger partial charge in [-0.3, -0.25) is 9.59 Å². The molecule has 0 heterocycles. The molecule has 0 saturated heterocycles. The minimum Gasteiger partial charge on any atom is -0.550 e. The van der Waals surface area contributed by atoms with Crippen molar-refractivity contribution in [3.05, 3.63) is 59.2 Å². The monoisotopic (exact) mass is 377 g/mol. The number of hydrogen-bond donors (Lipinski definition) is 1. The summed E-state index contributed by atoms with van der Waals surface area (Å²) in [6.45, 7) is 3.86. The van der Waals surface area contributed by atoms with E-state index < -0.39 is 17.8 Å². The Morgan fingerprint density at radius 2 is 1.70 bits per heavy atom. The molecule has 0 fully saturated rings. The maximum atomic E-state index is 12.6. The van der Waals surface area contributed by atoms with Crippen molar-refractivity contribution in [2.24, 2.45) is 0 Å². The van der Waals surface area contributed by atoms with Crippen LogP contribution in [0.3, 0.4) is 0 Å². The Hall–Kier alpha value is -2.15. The Bertz CT molecular complexity index is 835. The first kappa shape index (κ1) is 22.9. The van der Waals surface area contributed by atoms with Crippen molar-refractivity contribution in [2.45, 2.75) is 33.1 Å². The van der Waals surface area contributed by atoms with Crippen LogP contribution in [0.1, 0.15) is 40.7 Å². The third-order valence-corrected chi connectivity index (χ3v) is 3.97. The number of rotatable bonds is 7. The molecular weight excluding hydrogens is 357 g/mol. The summed E-state index contributed by atoms with van der Waals surface area (Å²) >= 11 is 0. The van der Waals surface area contributed by atoms with E-state index in [0.717, 1.165) is 11.1 Å². The van der Waals surface area contributed by atoms with E-state index in [-0.39, 0.29) is 60.1 Å². The summed E-state index contributed by atoms with van der Waals surface area (Å²) in [7, 11) is 0. The zero-order chi connectivity index (χ0) is 19.1. The summed E-state index contributed by atoms with van der Waals surface area (Å²) in [5.74, 6) is -2.07. The Morgan fingerprint density at radius 1 is 1.00 bits per heavy atom. The molecule has 0 aliphatic carbocycles. The average Bonchev–Trinajstić information content (AvgIpc) is 2.59. The van der Waals surface area contributed by atoms with Gasteiger partial charge in [0.2, 0.25) is 0 Å². The largest absolute Gasteiger partial charge is 1.00 e. The predicted octanol–water partition coefficient (Wildman–Crippen LogP) is -0.615. The molecule has 2 aromatic carbocycles. The van der Waals surface area contributed by atoms with Crippen LogP contribution in [0.15, 0.2) is 42.5 Å². The quantitative estimate of drug-likeness (QED) is 0.394. The molecule has 0 spiro atoms. The molecule has 0 aromatic heterocycles. The maximum Gasteiger partial charge on any atom is 1.00 e. The standard InChI is InChI=1S/C20H21NO5.Na/c1-13-7-5-9-16(14(13)2)21-20(25)15-8-3-4-10-17(15)26-19(24)12-6-11-18(22)23;/h3-5,7-10H,6,11-12H2,1-2H3,(H,21,25)(H,22,23);/q;+1/p-1. The van der Waals surface area contributed by atoms with E-state index in [1.165, 1.54) is 6.07 Å². The van der Waals surface area contributed by atoms with E-state index >= 15 is 0 Å². The summed E-state index contributed by atoms with van der Waals surface area (Å²) in [6.07, 6.45) is -0.164. The van der Waals surface area contributed by atoms with Gasteiger partial charge in [-0.1, -0.05) is 24.3 Å². The molecule has 2 rings (SSSR count). The van der Waals surface area contributed by atoms with Gasteiger partial charge in [0.05, 0.1) is 5.56 Å². The summed E-state index contributed by atoms with van der Waals surface area (Å²) < 4.78 is 5.23. The number of hydrogen-bond acceptors (Lipinski definition) is 5. The van der Waals surface area contributed by atoms with Crippen LogP contribution in [0, 0.1) is 13.8 Å². The van der Waals surface area contributed by atoms with Crippen LogP contribution in [0.2, 0.25) is 0 Å². The van der Waals surface area contributed by atoms with Crippen LogP contribution in [0.25, 0.3) is 0 Å². The molecule has 27 heavy (non-hydrogen) atoms. The normalized spacial score (nSPS) is 9.85. The molecule has 6 nitrogen and oxygen atoms in total. The molecule has 136 valence electrons. The molecule has 0 atom stereocenters. The van der Waals surface area contributed by atoms with Crippen molar-refractivity contribution in [3.63, 3.8) is 0 Å². The van der Waals surface area contributed by atoms with E-state index in [9.17, 15) is 19.5 Å². The predicted molar refractivity (Wildman–Crippen MR) is 94.8 cm³/mol. The topological polar surface area (TPSA) is 95.5 Å². The van der Waals surface area contributed by atoms with Gasteiger partial charge in [-0.2, -0.15) is 0 Å². The van der Waals surface area contributed by atoms with Gasteiger partial charge >= 0.3 is 35.5 Å². The molecule has 1 amide bonds. The van der Waals surface area contributed by atoms with Crippen molar-refractivity contribution < 1.29 is 53.8 Å². The number of para-hydroxylation sites is 1. The van der Waals surface area contributed by atoms with Crippen LogP contribution in [-0.4, -0.2) is 17.8 Å². The average molecular weight is 377 g/mol. The number of anilines is 1. The Morgan fingerprint density at radius 3 is 2.41 bits per heavy atom. The minimum absolute atomic E-state index is 0. The summed E-state index contributed by atoms with van der Waals surface area (Å²) in [5, 5.41) is 13.2. The second-order valence-corrected chi connectivity index (χ2v) is 5.90. The fourth-order valence-corrected chi connectivity index (χ4v) is 2.37. The fourth-order valence-electron chi connectivity index (χ4n) is 2.37. The second kappa shape index (κ2) is 10.9. The first-order chi connectivity index (χ1) is 12.4. The van der Waals surface area contributed by atoms with Gasteiger partial charge in [-0.05, 0) is 56.0 Å². The van der Waals surface area contributed by atoms with Crippen LogP contribution in [-0.2, 0) is 9.59 Å². The van der Waals surface area contributed by atoms with Gasteiger partial charge in [0.25, 0.3) is 5.91 Å². The minimum atomic E-state index is -1.22. The zero-order valence-corrected chi connectivity index (χ0v) is 17.7. The molecule has 7 heteroatoms. The third-order valence-electron chi connectivity index (χ3n) is 3.97. The van der Waals surface area contributed by atoms with Crippen molar-refractivity contribution >= 4 is 23.5 Å². The molecule has 0 aliphatic rings. The van der Waals surface area contributed by atoms with E-state index in [0.29, 0.717) is 5.69 Å². The van der Waals surface area contributed by atoms with Crippen LogP contribution in [0.4, 0.5) is 5.69 Å². The number of benzene rings is 2. The van der Waals surface area contributed by atoms with E-state index in [1.54, 1.807) is 24.3 Å². The van der Waals surface area contributed by atoms with Crippen molar-refractivity contribution in [1.29, 1.82) is 0 Å². The third kappa shape index (κ3) is 6.82. The van der Waals surface area contributed by atoms with Crippen LogP contribution in [0.5, 0.6) is 5.75 Å². The number of aryl methyl sites for hydroxylation is 1. The molecule has 0 saturated carbocycles. The molecule has 0 radical (unpaired) electrons. The molecular formula is C20H20NNaO5. The Labute approximate surface area is 180 Å². The van der Waals surface area contributed by atoms with E-state index in [1.807, 2.05) is 26.0 Å². The van der Waals surface area contributed by atoms with Crippen LogP contribution >= 0.6 is 0 Å². The zero-order valence-electron chi connectivity index (χ0n) is 15.7. The number of carbonyl (C=O) groups excluding carboxylic acids is 3. The Balaban J connectivity index is 0.00000364. The van der Waals surface area contributed by atoms with Gasteiger partial charge in [0, 0.05) is 18.1 Å². The van der Waals surface area contributed by atoms with E-state index in [4.69, 9.17) is 4.74 Å². The number of carboxylic acids is 1. The summed E-state index contributed by atoms with van der Waals surface area (Å²) in [5.41, 5.74) is 2.92. The summed E-state index contributed by atoms with van der Waals surface area (Å²) in [6, 6.07) is 12.0. The molecule has 1 N–H and O–H groups in total. The van der Waals surface area contributed by atoms with Gasteiger partial charge in [0.1, 0.15) is 5.75 Å². The molecule has 2 aromatic rings. The Kier molecular flexibility index (Phi) is 9.21. The van der Waals surface area contributed by atoms with Gasteiger partial charge in [-0.25, -0.2) is 0 Å².